The second-order valence-electron chi connectivity index (χ2n) is 7.72. The van der Waals surface area contributed by atoms with Crippen molar-refractivity contribution in [1.82, 2.24) is 23.9 Å². The Morgan fingerprint density at radius 3 is 2.35 bits per heavy atom. The van der Waals surface area contributed by atoms with Crippen LogP contribution >= 0.6 is 0 Å². The van der Waals surface area contributed by atoms with Crippen LogP contribution in [0.3, 0.4) is 0 Å². The first-order valence-corrected chi connectivity index (χ1v) is 11.2. The number of rotatable bonds is 5. The fraction of sp³-hybridized carbons (Fsp3) is 0.389. The minimum Gasteiger partial charge on any atom is -0.368 e. The molecule has 0 radical (unpaired) electrons. The Labute approximate surface area is 188 Å². The molecule has 0 amide bonds. The van der Waals surface area contributed by atoms with Crippen LogP contribution in [0, 0.1) is 6.92 Å². The molecule has 0 spiro atoms. The monoisotopic (exact) mass is 509 g/mol. The molecule has 1 aliphatic heterocycles. The molecule has 184 valence electrons. The first kappa shape index (κ1) is 24.2. The molecule has 1 aliphatic rings. The van der Waals surface area contributed by atoms with Crippen molar-refractivity contribution in [3.8, 4) is 0 Å². The first-order valence-electron chi connectivity index (χ1n) is 9.66. The van der Waals surface area contributed by atoms with Crippen LogP contribution in [0.2, 0.25) is 0 Å². The summed E-state index contributed by atoms with van der Waals surface area (Å²) in [5.74, 6) is -0.850. The third-order valence-electron chi connectivity index (χ3n) is 5.40. The lowest BCUT2D eigenvalue weighted by molar-refractivity contribution is -0.142. The van der Waals surface area contributed by atoms with Crippen LogP contribution in [0.15, 0.2) is 30.5 Å². The largest absolute Gasteiger partial charge is 0.435 e. The lowest BCUT2D eigenvalue weighted by Gasteiger charge is -2.46. The van der Waals surface area contributed by atoms with Crippen LogP contribution in [0.5, 0.6) is 0 Å². The Bertz CT molecular complexity index is 1320. The molecular weight excluding hydrogens is 492 g/mol. The van der Waals surface area contributed by atoms with E-state index in [9.17, 15) is 34.8 Å². The Hall–Kier alpha value is -2.98. The number of fused-ring (bicyclic) bond motifs is 1. The number of hydrogen-bond acceptors (Lipinski definition) is 6. The van der Waals surface area contributed by atoms with Crippen LogP contribution in [0.25, 0.3) is 5.65 Å². The standard InChI is InChI=1S/C18H17F6N7O2S/c1-9-2-3-10(6-26-9)11-8-30(34(25,32)33)12(11)7-27-15-4-13(17(19,20)21)28-16-5-14(18(22,23)24)29-31(15)16/h2-6,11-12,27H,7-8H2,1H3,(H2,25,32,33). The predicted octanol–water partition coefficient (Wildman–Crippen LogP) is 2.55. The van der Waals surface area contributed by atoms with Crippen LogP contribution < -0.4 is 10.5 Å². The Balaban J connectivity index is 1.69. The maximum Gasteiger partial charge on any atom is 0.435 e. The molecule has 2 atom stereocenters. The highest BCUT2D eigenvalue weighted by Gasteiger charge is 2.45. The minimum atomic E-state index is -4.94. The molecule has 9 nitrogen and oxygen atoms in total. The fourth-order valence-electron chi connectivity index (χ4n) is 3.67. The molecule has 3 N–H and O–H groups in total. The number of aromatic nitrogens is 4. The molecule has 0 aromatic carbocycles. The van der Waals surface area contributed by atoms with Crippen molar-refractivity contribution >= 4 is 21.7 Å². The number of halogens is 6. The van der Waals surface area contributed by atoms with Gasteiger partial charge in [-0.25, -0.2) is 10.1 Å². The topological polar surface area (TPSA) is 119 Å². The molecular formula is C18H17F6N7O2S. The normalized spacial score (nSPS) is 19.9. The van der Waals surface area contributed by atoms with Gasteiger partial charge in [0.1, 0.15) is 5.82 Å². The van der Waals surface area contributed by atoms with E-state index in [-0.39, 0.29) is 13.1 Å². The van der Waals surface area contributed by atoms with Gasteiger partial charge in [0.2, 0.25) is 0 Å². The zero-order chi connectivity index (χ0) is 25.1. The average Bonchev–Trinajstić information content (AvgIpc) is 3.12. The molecule has 0 aliphatic carbocycles. The van der Waals surface area contributed by atoms with Crippen LogP contribution in [0.1, 0.15) is 28.6 Å². The molecule has 3 aromatic heterocycles. The Kier molecular flexibility index (Phi) is 5.72. The second kappa shape index (κ2) is 8.06. The zero-order valence-corrected chi connectivity index (χ0v) is 18.1. The van der Waals surface area contributed by atoms with Crippen molar-refractivity contribution in [2.75, 3.05) is 18.4 Å². The highest BCUT2D eigenvalue weighted by Crippen LogP contribution is 2.37. The summed E-state index contributed by atoms with van der Waals surface area (Å²) in [4.78, 5) is 7.38. The number of nitrogens with zero attached hydrogens (tertiary/aromatic N) is 5. The fourth-order valence-corrected chi connectivity index (χ4v) is 4.64. The SMILES string of the molecule is Cc1ccc(C2CN(S(N)(=O)=O)C2CNc2cc(C(F)(F)F)nc3cc(C(F)(F)F)nn23)cn1. The summed E-state index contributed by atoms with van der Waals surface area (Å²) in [5.41, 5.74) is -2.15. The molecule has 34 heavy (non-hydrogen) atoms. The van der Waals surface area contributed by atoms with Gasteiger partial charge in [-0.2, -0.15) is 48.7 Å². The van der Waals surface area contributed by atoms with Gasteiger partial charge in [0.05, 0.1) is 6.04 Å². The molecule has 16 heteroatoms. The van der Waals surface area contributed by atoms with Crippen molar-refractivity contribution in [3.05, 3.63) is 53.1 Å². The van der Waals surface area contributed by atoms with Crippen molar-refractivity contribution in [2.24, 2.45) is 5.14 Å². The Morgan fingerprint density at radius 1 is 1.12 bits per heavy atom. The molecule has 0 bridgehead atoms. The molecule has 4 heterocycles. The van der Waals surface area contributed by atoms with Gasteiger partial charge in [-0.3, -0.25) is 4.98 Å². The minimum absolute atomic E-state index is 0.00939. The van der Waals surface area contributed by atoms with Gasteiger partial charge in [0, 0.05) is 43.0 Å². The number of nitrogens with two attached hydrogens (primary N) is 1. The summed E-state index contributed by atoms with van der Waals surface area (Å²) in [5, 5.41) is 11.1. The molecule has 0 saturated carbocycles. The summed E-state index contributed by atoms with van der Waals surface area (Å²) >= 11 is 0. The van der Waals surface area contributed by atoms with Gasteiger partial charge >= 0.3 is 12.4 Å². The van der Waals surface area contributed by atoms with Gasteiger partial charge in [-0.1, -0.05) is 6.07 Å². The number of hydrogen-bond donors (Lipinski definition) is 2. The highest BCUT2D eigenvalue weighted by atomic mass is 32.2. The summed E-state index contributed by atoms with van der Waals surface area (Å²) in [6, 6.07) is 3.50. The van der Waals surface area contributed by atoms with E-state index in [1.165, 1.54) is 0 Å². The van der Waals surface area contributed by atoms with E-state index in [0.717, 1.165) is 10.00 Å². The Morgan fingerprint density at radius 2 is 1.79 bits per heavy atom. The third-order valence-corrected chi connectivity index (χ3v) is 6.47. The summed E-state index contributed by atoms with van der Waals surface area (Å²) in [6.07, 6.45) is -8.31. The smallest absolute Gasteiger partial charge is 0.368 e. The lowest BCUT2D eigenvalue weighted by Crippen LogP contribution is -2.61. The van der Waals surface area contributed by atoms with Crippen LogP contribution in [-0.4, -0.2) is 51.4 Å². The summed E-state index contributed by atoms with van der Waals surface area (Å²) in [6.45, 7) is 1.49. The van der Waals surface area contributed by atoms with Crippen LogP contribution in [0.4, 0.5) is 32.2 Å². The van der Waals surface area contributed by atoms with Gasteiger partial charge in [0.15, 0.2) is 17.0 Å². The van der Waals surface area contributed by atoms with Crippen molar-refractivity contribution < 1.29 is 34.8 Å². The third kappa shape index (κ3) is 4.65. The predicted molar refractivity (Wildman–Crippen MR) is 107 cm³/mol. The summed E-state index contributed by atoms with van der Waals surface area (Å²) in [7, 11) is -4.15. The van der Waals surface area contributed by atoms with Gasteiger partial charge in [-0.15, -0.1) is 0 Å². The first-order chi connectivity index (χ1) is 15.6. The quantitative estimate of drug-likeness (QED) is 0.511. The second-order valence-corrected chi connectivity index (χ2v) is 9.22. The lowest BCUT2D eigenvalue weighted by atomic mass is 9.85. The van der Waals surface area contributed by atoms with E-state index >= 15 is 0 Å². The maximum absolute atomic E-state index is 13.3. The number of alkyl halides is 6. The zero-order valence-electron chi connectivity index (χ0n) is 17.3. The van der Waals surface area contributed by atoms with E-state index in [4.69, 9.17) is 5.14 Å². The van der Waals surface area contributed by atoms with Crippen LogP contribution in [-0.2, 0) is 22.6 Å². The number of pyridine rings is 1. The molecule has 4 rings (SSSR count). The van der Waals surface area contributed by atoms with Gasteiger partial charge in [-0.05, 0) is 18.6 Å². The van der Waals surface area contributed by atoms with E-state index in [2.05, 4.69) is 20.4 Å². The van der Waals surface area contributed by atoms with Crippen molar-refractivity contribution in [2.45, 2.75) is 31.2 Å². The molecule has 2 unspecified atom stereocenters. The van der Waals surface area contributed by atoms with Crippen molar-refractivity contribution in [1.29, 1.82) is 0 Å². The van der Waals surface area contributed by atoms with E-state index < -0.39 is 57.4 Å². The summed E-state index contributed by atoms with van der Waals surface area (Å²) < 4.78 is 105. The number of nitrogens with one attached hydrogen (secondary N) is 1. The van der Waals surface area contributed by atoms with E-state index in [1.807, 2.05) is 0 Å². The van der Waals surface area contributed by atoms with E-state index in [0.29, 0.717) is 22.2 Å². The average molecular weight is 509 g/mol. The van der Waals surface area contributed by atoms with Gasteiger partial charge < -0.3 is 5.32 Å². The van der Waals surface area contributed by atoms with E-state index in [1.54, 1.807) is 25.3 Å². The number of anilines is 1. The highest BCUT2D eigenvalue weighted by molar-refractivity contribution is 7.86. The van der Waals surface area contributed by atoms with Crippen molar-refractivity contribution in [3.63, 3.8) is 0 Å². The molecule has 1 fully saturated rings. The molecule has 1 saturated heterocycles. The van der Waals surface area contributed by atoms with Gasteiger partial charge in [0.25, 0.3) is 10.2 Å². The maximum atomic E-state index is 13.3. The number of aryl methyl sites for hydroxylation is 1. The molecule has 3 aromatic rings.